The minimum Gasteiger partial charge on any atom is -0.351 e. The van der Waals surface area contributed by atoms with Crippen molar-refractivity contribution in [3.05, 3.63) is 71.0 Å². The van der Waals surface area contributed by atoms with Crippen molar-refractivity contribution in [3.8, 4) is 0 Å². The number of carbonyl (C=O) groups excluding carboxylic acids is 1. The number of halogens is 3. The normalized spacial score (nSPS) is 20.9. The highest BCUT2D eigenvalue weighted by molar-refractivity contribution is 5.77. The molecule has 1 saturated heterocycles. The van der Waals surface area contributed by atoms with Gasteiger partial charge in [0.25, 0.3) is 0 Å². The maximum atomic E-state index is 13.6. The second-order valence-electron chi connectivity index (χ2n) is 7.11. The van der Waals surface area contributed by atoms with Crippen LogP contribution in [0.5, 0.6) is 0 Å². The highest BCUT2D eigenvalue weighted by Gasteiger charge is 2.28. The highest BCUT2D eigenvalue weighted by atomic mass is 19.2. The zero-order chi connectivity index (χ0) is 19.4. The van der Waals surface area contributed by atoms with Crippen molar-refractivity contribution >= 4 is 5.91 Å². The molecule has 1 fully saturated rings. The third-order valence-corrected chi connectivity index (χ3v) is 5.11. The summed E-state index contributed by atoms with van der Waals surface area (Å²) in [7, 11) is 0. The predicted molar refractivity (Wildman–Crippen MR) is 97.9 cm³/mol. The Morgan fingerprint density at radius 1 is 1.19 bits per heavy atom. The number of nitrogens with one attached hydrogen (secondary N) is 2. The summed E-state index contributed by atoms with van der Waals surface area (Å²) in [5, 5.41) is 6.23. The van der Waals surface area contributed by atoms with Crippen LogP contribution in [0.3, 0.4) is 0 Å². The van der Waals surface area contributed by atoms with Gasteiger partial charge in [0.15, 0.2) is 11.6 Å². The summed E-state index contributed by atoms with van der Waals surface area (Å²) in [6.45, 7) is 3.18. The molecule has 144 valence electrons. The number of amides is 1. The molecule has 3 nitrogen and oxygen atoms in total. The lowest BCUT2D eigenvalue weighted by Gasteiger charge is -2.33. The van der Waals surface area contributed by atoms with Crippen LogP contribution < -0.4 is 10.6 Å². The second kappa shape index (κ2) is 8.57. The standard InChI is InChI=1S/C21H23F3N2O/c1-13(14-3-2-4-16(22)10-14)9-21(27)26-20-12-25-8-7-17(20)15-5-6-18(23)19(24)11-15/h2-6,10-11,13,17,20,25H,7-9,12H2,1H3,(H,26,27). The maximum absolute atomic E-state index is 13.6. The third-order valence-electron chi connectivity index (χ3n) is 5.11. The van der Waals surface area contributed by atoms with Crippen LogP contribution in [0.25, 0.3) is 0 Å². The topological polar surface area (TPSA) is 41.1 Å². The Morgan fingerprint density at radius 3 is 2.74 bits per heavy atom. The Labute approximate surface area is 157 Å². The number of rotatable bonds is 5. The van der Waals surface area contributed by atoms with E-state index in [0.717, 1.165) is 24.6 Å². The zero-order valence-electron chi connectivity index (χ0n) is 15.1. The molecule has 3 rings (SSSR count). The van der Waals surface area contributed by atoms with Crippen molar-refractivity contribution in [2.24, 2.45) is 0 Å². The summed E-state index contributed by atoms with van der Waals surface area (Å²) >= 11 is 0. The van der Waals surface area contributed by atoms with Gasteiger partial charge in [-0.2, -0.15) is 0 Å². The molecule has 0 spiro atoms. The predicted octanol–water partition coefficient (Wildman–Crippen LogP) is 3.86. The Balaban J connectivity index is 1.66. The minimum atomic E-state index is -0.879. The molecule has 0 aliphatic carbocycles. The average molecular weight is 376 g/mol. The van der Waals surface area contributed by atoms with E-state index in [1.54, 1.807) is 18.2 Å². The molecule has 0 radical (unpaired) electrons. The van der Waals surface area contributed by atoms with Crippen molar-refractivity contribution < 1.29 is 18.0 Å². The lowest BCUT2D eigenvalue weighted by atomic mass is 9.85. The van der Waals surface area contributed by atoms with E-state index in [0.29, 0.717) is 12.1 Å². The van der Waals surface area contributed by atoms with Gasteiger partial charge in [-0.3, -0.25) is 4.79 Å². The SMILES string of the molecule is CC(CC(=O)NC1CNCCC1c1ccc(F)c(F)c1)c1cccc(F)c1. The van der Waals surface area contributed by atoms with Gasteiger partial charge in [0.05, 0.1) is 0 Å². The first-order valence-electron chi connectivity index (χ1n) is 9.14. The summed E-state index contributed by atoms with van der Waals surface area (Å²) in [5.74, 6) is -2.44. The molecule has 1 aliphatic heterocycles. The molecular formula is C21H23F3N2O. The molecule has 2 aromatic carbocycles. The summed E-state index contributed by atoms with van der Waals surface area (Å²) in [6, 6.07) is 9.92. The van der Waals surface area contributed by atoms with Gasteiger partial charge in [-0.15, -0.1) is 0 Å². The van der Waals surface area contributed by atoms with E-state index < -0.39 is 11.6 Å². The first-order valence-corrected chi connectivity index (χ1v) is 9.14. The average Bonchev–Trinajstić information content (AvgIpc) is 2.64. The quantitative estimate of drug-likeness (QED) is 0.832. The lowest BCUT2D eigenvalue weighted by molar-refractivity contribution is -0.122. The van der Waals surface area contributed by atoms with Crippen molar-refractivity contribution in [2.75, 3.05) is 13.1 Å². The van der Waals surface area contributed by atoms with E-state index >= 15 is 0 Å². The van der Waals surface area contributed by atoms with Crippen LogP contribution in [0.4, 0.5) is 13.2 Å². The molecule has 3 atom stereocenters. The summed E-state index contributed by atoms with van der Waals surface area (Å²) in [5.41, 5.74) is 1.45. The van der Waals surface area contributed by atoms with Crippen LogP contribution in [-0.4, -0.2) is 25.0 Å². The number of piperidine rings is 1. The molecule has 1 amide bonds. The van der Waals surface area contributed by atoms with Gasteiger partial charge in [-0.25, -0.2) is 13.2 Å². The van der Waals surface area contributed by atoms with Gasteiger partial charge in [0, 0.05) is 24.9 Å². The Bertz CT molecular complexity index is 812. The van der Waals surface area contributed by atoms with E-state index in [1.807, 2.05) is 6.92 Å². The Hall–Kier alpha value is -2.34. The minimum absolute atomic E-state index is 0.0882. The first-order chi connectivity index (χ1) is 12.9. The van der Waals surface area contributed by atoms with Crippen LogP contribution in [0.15, 0.2) is 42.5 Å². The molecule has 3 unspecified atom stereocenters. The highest BCUT2D eigenvalue weighted by Crippen LogP contribution is 2.27. The van der Waals surface area contributed by atoms with Crippen LogP contribution in [0.1, 0.15) is 42.7 Å². The molecule has 0 bridgehead atoms. The van der Waals surface area contributed by atoms with Crippen molar-refractivity contribution in [2.45, 2.75) is 37.6 Å². The monoisotopic (exact) mass is 376 g/mol. The van der Waals surface area contributed by atoms with Gasteiger partial charge in [-0.1, -0.05) is 25.1 Å². The molecule has 0 saturated carbocycles. The molecule has 2 N–H and O–H groups in total. The van der Waals surface area contributed by atoms with Crippen molar-refractivity contribution in [3.63, 3.8) is 0 Å². The summed E-state index contributed by atoms with van der Waals surface area (Å²) < 4.78 is 40.2. The number of hydrogen-bond donors (Lipinski definition) is 2. The second-order valence-corrected chi connectivity index (χ2v) is 7.11. The first kappa shape index (κ1) is 19.4. The smallest absolute Gasteiger partial charge is 0.220 e. The largest absolute Gasteiger partial charge is 0.351 e. The van der Waals surface area contributed by atoms with Gasteiger partial charge in [0.2, 0.25) is 5.91 Å². The molecule has 2 aromatic rings. The van der Waals surface area contributed by atoms with E-state index in [4.69, 9.17) is 0 Å². The van der Waals surface area contributed by atoms with Crippen molar-refractivity contribution in [1.29, 1.82) is 0 Å². The summed E-state index contributed by atoms with van der Waals surface area (Å²) in [6.07, 6.45) is 0.944. The van der Waals surface area contributed by atoms with E-state index in [1.165, 1.54) is 18.2 Å². The fraction of sp³-hybridized carbons (Fsp3) is 0.381. The van der Waals surface area contributed by atoms with Gasteiger partial charge < -0.3 is 10.6 Å². The van der Waals surface area contributed by atoms with Crippen molar-refractivity contribution in [1.82, 2.24) is 10.6 Å². The Kier molecular flexibility index (Phi) is 6.16. The maximum Gasteiger partial charge on any atom is 0.220 e. The Morgan fingerprint density at radius 2 is 2.00 bits per heavy atom. The van der Waals surface area contributed by atoms with E-state index in [-0.39, 0.29) is 36.0 Å². The molecular weight excluding hydrogens is 353 g/mol. The summed E-state index contributed by atoms with van der Waals surface area (Å²) in [4.78, 5) is 12.5. The van der Waals surface area contributed by atoms with Crippen LogP contribution in [0.2, 0.25) is 0 Å². The molecule has 1 heterocycles. The molecule has 6 heteroatoms. The van der Waals surface area contributed by atoms with E-state index in [2.05, 4.69) is 10.6 Å². The van der Waals surface area contributed by atoms with Gasteiger partial charge in [-0.05, 0) is 54.3 Å². The number of hydrogen-bond acceptors (Lipinski definition) is 2. The van der Waals surface area contributed by atoms with Crippen LogP contribution >= 0.6 is 0 Å². The molecule has 1 aliphatic rings. The van der Waals surface area contributed by atoms with Crippen LogP contribution in [-0.2, 0) is 4.79 Å². The fourth-order valence-corrected chi connectivity index (χ4v) is 3.63. The molecule has 27 heavy (non-hydrogen) atoms. The number of carbonyl (C=O) groups is 1. The lowest BCUT2D eigenvalue weighted by Crippen LogP contribution is -2.50. The third kappa shape index (κ3) is 4.89. The van der Waals surface area contributed by atoms with Gasteiger partial charge >= 0.3 is 0 Å². The number of benzene rings is 2. The van der Waals surface area contributed by atoms with Gasteiger partial charge in [0.1, 0.15) is 5.82 Å². The van der Waals surface area contributed by atoms with E-state index in [9.17, 15) is 18.0 Å². The fourth-order valence-electron chi connectivity index (χ4n) is 3.63. The molecule has 0 aromatic heterocycles. The zero-order valence-corrected chi connectivity index (χ0v) is 15.1. The van der Waals surface area contributed by atoms with Crippen LogP contribution in [0, 0.1) is 17.5 Å².